The third kappa shape index (κ3) is 4.93. The highest BCUT2D eigenvalue weighted by Gasteiger charge is 1.97. The first kappa shape index (κ1) is 12.7. The zero-order valence-corrected chi connectivity index (χ0v) is 9.87. The van der Waals surface area contributed by atoms with E-state index in [4.69, 9.17) is 5.73 Å². The van der Waals surface area contributed by atoms with Gasteiger partial charge in [-0.1, -0.05) is 13.3 Å². The van der Waals surface area contributed by atoms with Gasteiger partial charge in [-0.15, -0.1) is 0 Å². The van der Waals surface area contributed by atoms with E-state index < -0.39 is 0 Å². The third-order valence-corrected chi connectivity index (χ3v) is 2.16. The maximum absolute atomic E-state index is 5.41. The lowest BCUT2D eigenvalue weighted by Gasteiger charge is -2.07. The average Bonchev–Trinajstić information content (AvgIpc) is 2.30. The van der Waals surface area contributed by atoms with E-state index in [9.17, 15) is 0 Å². The Hall–Kier alpha value is -1.36. The summed E-state index contributed by atoms with van der Waals surface area (Å²) in [5.41, 5.74) is 5.41. The van der Waals surface area contributed by atoms with Gasteiger partial charge in [-0.2, -0.15) is 4.98 Å². The molecule has 0 unspecified atom stereocenters. The first-order valence-corrected chi connectivity index (χ1v) is 5.87. The predicted molar refractivity (Wildman–Crippen MR) is 67.6 cm³/mol. The maximum atomic E-state index is 5.41. The number of nitrogens with two attached hydrogens (primary N) is 1. The minimum Gasteiger partial charge on any atom is -0.370 e. The van der Waals surface area contributed by atoms with Crippen LogP contribution in [0.4, 0.5) is 11.8 Å². The van der Waals surface area contributed by atoms with E-state index in [0.29, 0.717) is 12.5 Å². The van der Waals surface area contributed by atoms with Crippen LogP contribution in [0, 0.1) is 0 Å². The lowest BCUT2D eigenvalue weighted by atomic mass is 10.3. The number of anilines is 2. The Kier molecular flexibility index (Phi) is 6.25. The zero-order chi connectivity index (χ0) is 11.6. The molecular formula is C11H21N5. The van der Waals surface area contributed by atoms with E-state index in [1.807, 2.05) is 6.07 Å². The van der Waals surface area contributed by atoms with Crippen molar-refractivity contribution in [2.75, 3.05) is 30.3 Å². The Labute approximate surface area is 96.9 Å². The highest BCUT2D eigenvalue weighted by atomic mass is 15.1. The number of unbranched alkanes of at least 4 members (excludes halogenated alkanes) is 1. The molecule has 5 nitrogen and oxygen atoms in total. The van der Waals surface area contributed by atoms with Crippen molar-refractivity contribution in [3.63, 3.8) is 0 Å². The van der Waals surface area contributed by atoms with Gasteiger partial charge in [-0.05, 0) is 25.5 Å². The van der Waals surface area contributed by atoms with E-state index in [1.165, 1.54) is 6.42 Å². The third-order valence-electron chi connectivity index (χ3n) is 2.16. The zero-order valence-electron chi connectivity index (χ0n) is 9.87. The van der Waals surface area contributed by atoms with Crippen molar-refractivity contribution in [1.82, 2.24) is 9.97 Å². The summed E-state index contributed by atoms with van der Waals surface area (Å²) < 4.78 is 0. The van der Waals surface area contributed by atoms with E-state index in [2.05, 4.69) is 27.5 Å². The number of hydrogen-bond donors (Lipinski definition) is 3. The van der Waals surface area contributed by atoms with E-state index in [1.54, 1.807) is 6.20 Å². The van der Waals surface area contributed by atoms with E-state index in [-0.39, 0.29) is 0 Å². The Morgan fingerprint density at radius 2 is 2.06 bits per heavy atom. The molecule has 5 heteroatoms. The summed E-state index contributed by atoms with van der Waals surface area (Å²) in [5.74, 6) is 1.54. The van der Waals surface area contributed by atoms with E-state index >= 15 is 0 Å². The van der Waals surface area contributed by atoms with Crippen LogP contribution in [-0.2, 0) is 0 Å². The molecule has 0 fully saturated rings. The monoisotopic (exact) mass is 223 g/mol. The van der Waals surface area contributed by atoms with Crippen molar-refractivity contribution in [1.29, 1.82) is 0 Å². The fourth-order valence-corrected chi connectivity index (χ4v) is 1.24. The fraction of sp³-hybridized carbons (Fsp3) is 0.636. The number of hydrogen-bond acceptors (Lipinski definition) is 5. The van der Waals surface area contributed by atoms with Crippen molar-refractivity contribution in [2.45, 2.75) is 26.2 Å². The molecule has 0 spiro atoms. The van der Waals surface area contributed by atoms with Gasteiger partial charge in [-0.3, -0.25) is 0 Å². The van der Waals surface area contributed by atoms with Gasteiger partial charge in [0.15, 0.2) is 0 Å². The van der Waals surface area contributed by atoms with Crippen LogP contribution in [0.1, 0.15) is 26.2 Å². The molecule has 0 bridgehead atoms. The summed E-state index contributed by atoms with van der Waals surface area (Å²) >= 11 is 0. The Morgan fingerprint density at radius 1 is 1.25 bits per heavy atom. The second-order valence-corrected chi connectivity index (χ2v) is 3.61. The highest BCUT2D eigenvalue weighted by molar-refractivity contribution is 5.39. The number of nitrogens with zero attached hydrogens (tertiary/aromatic N) is 2. The maximum Gasteiger partial charge on any atom is 0.224 e. The smallest absolute Gasteiger partial charge is 0.224 e. The van der Waals surface area contributed by atoms with Gasteiger partial charge >= 0.3 is 0 Å². The number of nitrogens with one attached hydrogen (secondary N) is 2. The molecule has 0 amide bonds. The summed E-state index contributed by atoms with van der Waals surface area (Å²) in [6, 6.07) is 1.88. The standard InChI is InChI=1S/C11H21N5/c1-2-3-7-13-10-5-9-15-11(16-10)14-8-4-6-12/h5,9H,2-4,6-8,12H2,1H3,(H2,13,14,15,16). The molecule has 1 aromatic heterocycles. The molecule has 4 N–H and O–H groups in total. The van der Waals surface area contributed by atoms with Crippen molar-refractivity contribution in [3.8, 4) is 0 Å². The van der Waals surface area contributed by atoms with Crippen LogP contribution in [0.15, 0.2) is 12.3 Å². The predicted octanol–water partition coefficient (Wildman–Crippen LogP) is 1.45. The topological polar surface area (TPSA) is 75.9 Å². The Bertz CT molecular complexity index is 264. The second kappa shape index (κ2) is 7.87. The molecule has 0 atom stereocenters. The van der Waals surface area contributed by atoms with Crippen LogP contribution in [0.25, 0.3) is 0 Å². The summed E-state index contributed by atoms with van der Waals surface area (Å²) in [5, 5.41) is 6.39. The minimum atomic E-state index is 0.662. The largest absolute Gasteiger partial charge is 0.370 e. The molecule has 0 radical (unpaired) electrons. The summed E-state index contributed by atoms with van der Waals surface area (Å²) in [7, 11) is 0. The molecule has 1 heterocycles. The minimum absolute atomic E-state index is 0.662. The first-order valence-electron chi connectivity index (χ1n) is 5.87. The Morgan fingerprint density at radius 3 is 2.81 bits per heavy atom. The molecule has 1 rings (SSSR count). The lowest BCUT2D eigenvalue weighted by molar-refractivity contribution is 0.829. The lowest BCUT2D eigenvalue weighted by Crippen LogP contribution is -2.11. The quantitative estimate of drug-likeness (QED) is 0.582. The molecule has 0 aliphatic carbocycles. The summed E-state index contributed by atoms with van der Waals surface area (Å²) in [6.45, 7) is 4.62. The number of aromatic nitrogens is 2. The molecule has 16 heavy (non-hydrogen) atoms. The van der Waals surface area contributed by atoms with Crippen molar-refractivity contribution in [3.05, 3.63) is 12.3 Å². The van der Waals surface area contributed by atoms with Gasteiger partial charge in [-0.25, -0.2) is 4.98 Å². The van der Waals surface area contributed by atoms with Crippen molar-refractivity contribution >= 4 is 11.8 Å². The SMILES string of the molecule is CCCCNc1ccnc(NCCCN)n1. The molecule has 1 aromatic rings. The molecule has 0 aliphatic heterocycles. The summed E-state index contributed by atoms with van der Waals surface area (Å²) in [4.78, 5) is 8.48. The van der Waals surface area contributed by atoms with Crippen molar-refractivity contribution in [2.24, 2.45) is 5.73 Å². The van der Waals surface area contributed by atoms with Crippen LogP contribution in [0.2, 0.25) is 0 Å². The van der Waals surface area contributed by atoms with Gasteiger partial charge in [0, 0.05) is 19.3 Å². The summed E-state index contributed by atoms with van der Waals surface area (Å²) in [6.07, 6.45) is 5.02. The second-order valence-electron chi connectivity index (χ2n) is 3.61. The molecule has 0 saturated heterocycles. The van der Waals surface area contributed by atoms with Gasteiger partial charge in [0.25, 0.3) is 0 Å². The average molecular weight is 223 g/mol. The van der Waals surface area contributed by atoms with Crippen LogP contribution in [0.3, 0.4) is 0 Å². The van der Waals surface area contributed by atoms with Crippen LogP contribution < -0.4 is 16.4 Å². The van der Waals surface area contributed by atoms with Gasteiger partial charge in [0.1, 0.15) is 5.82 Å². The number of rotatable bonds is 8. The van der Waals surface area contributed by atoms with Crippen LogP contribution in [-0.4, -0.2) is 29.6 Å². The molecule has 0 saturated carbocycles. The molecule has 0 aliphatic rings. The van der Waals surface area contributed by atoms with Crippen LogP contribution >= 0.6 is 0 Å². The van der Waals surface area contributed by atoms with Crippen LogP contribution in [0.5, 0.6) is 0 Å². The normalized spacial score (nSPS) is 10.1. The van der Waals surface area contributed by atoms with Gasteiger partial charge in [0.05, 0.1) is 0 Å². The Balaban J connectivity index is 2.37. The van der Waals surface area contributed by atoms with Crippen molar-refractivity contribution < 1.29 is 0 Å². The van der Waals surface area contributed by atoms with E-state index in [0.717, 1.165) is 31.7 Å². The van der Waals surface area contributed by atoms with Gasteiger partial charge in [0.2, 0.25) is 5.95 Å². The van der Waals surface area contributed by atoms with Gasteiger partial charge < -0.3 is 16.4 Å². The fourth-order valence-electron chi connectivity index (χ4n) is 1.24. The molecular weight excluding hydrogens is 202 g/mol. The molecule has 0 aromatic carbocycles. The first-order chi connectivity index (χ1) is 7.86. The highest BCUT2D eigenvalue weighted by Crippen LogP contribution is 2.05. The molecule has 90 valence electrons.